The third-order valence-corrected chi connectivity index (χ3v) is 3.63. The van der Waals surface area contributed by atoms with Crippen molar-refractivity contribution in [3.63, 3.8) is 0 Å². The quantitative estimate of drug-likeness (QED) is 0.639. The molecular formula is C14H21N3O3. The van der Waals surface area contributed by atoms with E-state index in [9.17, 15) is 14.9 Å². The van der Waals surface area contributed by atoms with Gasteiger partial charge in [0, 0.05) is 6.07 Å². The van der Waals surface area contributed by atoms with Crippen molar-refractivity contribution in [3.8, 4) is 0 Å². The lowest BCUT2D eigenvalue weighted by Gasteiger charge is -2.18. The van der Waals surface area contributed by atoms with Crippen LogP contribution < -0.4 is 11.1 Å². The summed E-state index contributed by atoms with van der Waals surface area (Å²) in [5.41, 5.74) is 7.60. The minimum Gasteiger partial charge on any atom is -0.320 e. The van der Waals surface area contributed by atoms with Gasteiger partial charge in [-0.25, -0.2) is 0 Å². The molecule has 0 radical (unpaired) electrons. The molecule has 0 aliphatic heterocycles. The molecule has 20 heavy (non-hydrogen) atoms. The molecule has 0 bridgehead atoms. The summed E-state index contributed by atoms with van der Waals surface area (Å²) in [6.45, 7) is 7.44. The number of nitrogens with one attached hydrogen (secondary N) is 1. The van der Waals surface area contributed by atoms with Crippen molar-refractivity contribution < 1.29 is 9.72 Å². The second-order valence-electron chi connectivity index (χ2n) is 5.11. The lowest BCUT2D eigenvalue weighted by Crippen LogP contribution is -2.40. The monoisotopic (exact) mass is 279 g/mol. The molecule has 6 heteroatoms. The predicted octanol–water partition coefficient (Wildman–Crippen LogP) is 2.52. The van der Waals surface area contributed by atoms with Gasteiger partial charge in [0.05, 0.1) is 11.0 Å². The molecule has 1 aromatic carbocycles. The van der Waals surface area contributed by atoms with Crippen LogP contribution in [0.5, 0.6) is 0 Å². The van der Waals surface area contributed by atoms with Crippen LogP contribution in [0.25, 0.3) is 0 Å². The zero-order valence-corrected chi connectivity index (χ0v) is 12.3. The largest absolute Gasteiger partial charge is 0.320 e. The number of nitro benzene ring substituents is 1. The standard InChI is InChI=1S/C14H21N3O3/c1-5-8(2)13(15)14(18)16-11-6-9(3)10(4)7-12(11)17(19)20/h6-8,13H,5,15H2,1-4H3,(H,16,18). The van der Waals surface area contributed by atoms with E-state index in [1.165, 1.54) is 6.07 Å². The number of nitrogens with two attached hydrogens (primary N) is 1. The maximum atomic E-state index is 12.0. The average Bonchev–Trinajstić information content (AvgIpc) is 2.40. The van der Waals surface area contributed by atoms with E-state index < -0.39 is 16.9 Å². The number of rotatable bonds is 5. The molecule has 6 nitrogen and oxygen atoms in total. The fourth-order valence-corrected chi connectivity index (χ4v) is 1.78. The molecule has 2 atom stereocenters. The van der Waals surface area contributed by atoms with Crippen LogP contribution in [0.15, 0.2) is 12.1 Å². The Bertz CT molecular complexity index is 529. The van der Waals surface area contributed by atoms with Gasteiger partial charge in [0.1, 0.15) is 5.69 Å². The molecular weight excluding hydrogens is 258 g/mol. The van der Waals surface area contributed by atoms with Crippen LogP contribution in [0.4, 0.5) is 11.4 Å². The number of aryl methyl sites for hydroxylation is 2. The van der Waals surface area contributed by atoms with Crippen LogP contribution in [-0.4, -0.2) is 16.9 Å². The first-order valence-electron chi connectivity index (χ1n) is 6.60. The Kier molecular flexibility index (Phi) is 5.21. The molecule has 0 heterocycles. The van der Waals surface area contributed by atoms with E-state index in [1.54, 1.807) is 13.0 Å². The maximum Gasteiger partial charge on any atom is 0.293 e. The Hall–Kier alpha value is -1.95. The highest BCUT2D eigenvalue weighted by Gasteiger charge is 2.23. The Morgan fingerprint density at radius 2 is 1.95 bits per heavy atom. The van der Waals surface area contributed by atoms with Gasteiger partial charge in [-0.05, 0) is 37.0 Å². The number of benzene rings is 1. The third kappa shape index (κ3) is 3.54. The summed E-state index contributed by atoms with van der Waals surface area (Å²) in [4.78, 5) is 22.6. The van der Waals surface area contributed by atoms with Crippen LogP contribution in [0.3, 0.4) is 0 Å². The van der Waals surface area contributed by atoms with Crippen LogP contribution in [0.1, 0.15) is 31.4 Å². The van der Waals surface area contributed by atoms with Gasteiger partial charge in [-0.15, -0.1) is 0 Å². The summed E-state index contributed by atoms with van der Waals surface area (Å²) in [5.74, 6) is -0.383. The molecule has 0 aliphatic carbocycles. The Morgan fingerprint density at radius 3 is 2.45 bits per heavy atom. The van der Waals surface area contributed by atoms with Crippen molar-refractivity contribution >= 4 is 17.3 Å². The lowest BCUT2D eigenvalue weighted by molar-refractivity contribution is -0.384. The van der Waals surface area contributed by atoms with Gasteiger partial charge in [0.25, 0.3) is 5.69 Å². The van der Waals surface area contributed by atoms with Crippen LogP contribution in [0, 0.1) is 29.9 Å². The molecule has 0 fully saturated rings. The highest BCUT2D eigenvalue weighted by atomic mass is 16.6. The van der Waals surface area contributed by atoms with E-state index >= 15 is 0 Å². The van der Waals surface area contributed by atoms with E-state index in [4.69, 9.17) is 5.73 Å². The molecule has 1 rings (SSSR count). The fraction of sp³-hybridized carbons (Fsp3) is 0.500. The van der Waals surface area contributed by atoms with Crippen molar-refractivity contribution in [3.05, 3.63) is 33.4 Å². The summed E-state index contributed by atoms with van der Waals surface area (Å²) in [6, 6.07) is 2.38. The minimum atomic E-state index is -0.679. The van der Waals surface area contributed by atoms with Gasteiger partial charge in [0.2, 0.25) is 5.91 Å². The minimum absolute atomic E-state index is 0.0144. The molecule has 0 aromatic heterocycles. The Balaban J connectivity index is 3.05. The first-order chi connectivity index (χ1) is 9.27. The van der Waals surface area contributed by atoms with E-state index in [1.807, 2.05) is 20.8 Å². The van der Waals surface area contributed by atoms with Crippen molar-refractivity contribution in [1.29, 1.82) is 0 Å². The second kappa shape index (κ2) is 6.47. The van der Waals surface area contributed by atoms with Crippen LogP contribution in [-0.2, 0) is 4.79 Å². The highest BCUT2D eigenvalue weighted by Crippen LogP contribution is 2.28. The smallest absolute Gasteiger partial charge is 0.293 e. The number of anilines is 1. The Morgan fingerprint density at radius 1 is 1.40 bits per heavy atom. The zero-order valence-electron chi connectivity index (χ0n) is 12.3. The molecule has 2 unspecified atom stereocenters. The number of nitrogens with zero attached hydrogens (tertiary/aromatic N) is 1. The average molecular weight is 279 g/mol. The van der Waals surface area contributed by atoms with Crippen molar-refractivity contribution in [2.75, 3.05) is 5.32 Å². The summed E-state index contributed by atoms with van der Waals surface area (Å²) in [7, 11) is 0. The van der Waals surface area contributed by atoms with Gasteiger partial charge >= 0.3 is 0 Å². The number of carbonyl (C=O) groups is 1. The van der Waals surface area contributed by atoms with Crippen molar-refractivity contribution in [2.45, 2.75) is 40.2 Å². The molecule has 0 spiro atoms. The summed E-state index contributed by atoms with van der Waals surface area (Å²) in [6.07, 6.45) is 0.767. The van der Waals surface area contributed by atoms with E-state index in [0.717, 1.165) is 17.5 Å². The predicted molar refractivity (Wildman–Crippen MR) is 78.6 cm³/mol. The van der Waals surface area contributed by atoms with Crippen molar-refractivity contribution in [1.82, 2.24) is 0 Å². The van der Waals surface area contributed by atoms with Crippen LogP contribution >= 0.6 is 0 Å². The molecule has 0 saturated heterocycles. The zero-order chi connectivity index (χ0) is 15.4. The van der Waals surface area contributed by atoms with Gasteiger partial charge in [-0.3, -0.25) is 14.9 Å². The molecule has 1 aromatic rings. The summed E-state index contributed by atoms with van der Waals surface area (Å²) < 4.78 is 0. The topological polar surface area (TPSA) is 98.3 Å². The number of hydrogen-bond acceptors (Lipinski definition) is 4. The Labute approximate surface area is 118 Å². The molecule has 1 amide bonds. The molecule has 3 N–H and O–H groups in total. The number of nitro groups is 1. The van der Waals surface area contributed by atoms with E-state index in [2.05, 4.69) is 5.32 Å². The number of amides is 1. The first kappa shape index (κ1) is 16.1. The summed E-state index contributed by atoms with van der Waals surface area (Å²) in [5, 5.41) is 13.6. The SMILES string of the molecule is CCC(C)C(N)C(=O)Nc1cc(C)c(C)cc1[N+](=O)[O-]. The fourth-order valence-electron chi connectivity index (χ4n) is 1.78. The van der Waals surface area contributed by atoms with Gasteiger partial charge in [0.15, 0.2) is 0 Å². The number of hydrogen-bond donors (Lipinski definition) is 2. The van der Waals surface area contributed by atoms with Crippen molar-refractivity contribution in [2.24, 2.45) is 11.7 Å². The second-order valence-corrected chi connectivity index (χ2v) is 5.11. The first-order valence-corrected chi connectivity index (χ1v) is 6.60. The van der Waals surface area contributed by atoms with Gasteiger partial charge in [-0.2, -0.15) is 0 Å². The molecule has 110 valence electrons. The van der Waals surface area contributed by atoms with Crippen LogP contribution in [0.2, 0.25) is 0 Å². The van der Waals surface area contributed by atoms with E-state index in [0.29, 0.717) is 0 Å². The number of carbonyl (C=O) groups excluding carboxylic acids is 1. The van der Waals surface area contributed by atoms with Gasteiger partial charge < -0.3 is 11.1 Å². The van der Waals surface area contributed by atoms with E-state index in [-0.39, 0.29) is 17.3 Å². The maximum absolute atomic E-state index is 12.0. The lowest BCUT2D eigenvalue weighted by atomic mass is 9.99. The highest BCUT2D eigenvalue weighted by molar-refractivity contribution is 5.97. The normalized spacial score (nSPS) is 13.7. The third-order valence-electron chi connectivity index (χ3n) is 3.63. The molecule has 0 saturated carbocycles. The van der Waals surface area contributed by atoms with Gasteiger partial charge in [-0.1, -0.05) is 20.3 Å². The molecule has 0 aliphatic rings. The summed E-state index contributed by atoms with van der Waals surface area (Å²) >= 11 is 0.